The summed E-state index contributed by atoms with van der Waals surface area (Å²) in [6, 6.07) is 2.80. The van der Waals surface area contributed by atoms with Crippen molar-refractivity contribution >= 4 is 27.6 Å². The third-order valence-corrected chi connectivity index (χ3v) is 5.44. The van der Waals surface area contributed by atoms with Gasteiger partial charge in [-0.2, -0.15) is 4.31 Å². The van der Waals surface area contributed by atoms with E-state index in [1.807, 2.05) is 0 Å². The number of aliphatic hydroxyl groups is 1. The monoisotopic (exact) mass is 335 g/mol. The average molecular weight is 336 g/mol. The number of carboxylic acid groups (broad SMARTS) is 1. The first-order chi connectivity index (χ1) is 9.87. The SMILES string of the molecule is O=C(O)c1cc(S(=O)(=O)N2CCOCC2CO)ccc1Cl. The molecule has 1 atom stereocenters. The summed E-state index contributed by atoms with van der Waals surface area (Å²) >= 11 is 5.73. The fraction of sp³-hybridized carbons (Fsp3) is 0.417. The van der Waals surface area contributed by atoms with Crippen LogP contribution in [0.3, 0.4) is 0 Å². The van der Waals surface area contributed by atoms with Crippen molar-refractivity contribution in [2.45, 2.75) is 10.9 Å². The Hall–Kier alpha value is -1.19. The number of morpholine rings is 1. The second kappa shape index (κ2) is 6.29. The van der Waals surface area contributed by atoms with E-state index in [1.165, 1.54) is 12.1 Å². The summed E-state index contributed by atoms with van der Waals surface area (Å²) in [4.78, 5) is 10.9. The predicted octanol–water partition coefficient (Wildman–Crippen LogP) is 0.420. The van der Waals surface area contributed by atoms with E-state index in [9.17, 15) is 18.3 Å². The van der Waals surface area contributed by atoms with Crippen LogP contribution in [0, 0.1) is 0 Å². The molecule has 7 nitrogen and oxygen atoms in total. The number of hydrogen-bond acceptors (Lipinski definition) is 5. The number of benzene rings is 1. The van der Waals surface area contributed by atoms with Crippen molar-refractivity contribution in [2.75, 3.05) is 26.4 Å². The molecule has 116 valence electrons. The van der Waals surface area contributed by atoms with Crippen LogP contribution in [-0.4, -0.2) is 61.3 Å². The van der Waals surface area contributed by atoms with Crippen LogP contribution in [0.1, 0.15) is 10.4 Å². The van der Waals surface area contributed by atoms with Gasteiger partial charge in [-0.05, 0) is 18.2 Å². The van der Waals surface area contributed by atoms with E-state index in [-0.39, 0.29) is 41.8 Å². The number of ether oxygens (including phenoxy) is 1. The molecule has 0 spiro atoms. The van der Waals surface area contributed by atoms with Gasteiger partial charge in [-0.3, -0.25) is 0 Å². The van der Waals surface area contributed by atoms with Crippen molar-refractivity contribution in [1.29, 1.82) is 0 Å². The number of sulfonamides is 1. The molecule has 0 radical (unpaired) electrons. The standard InChI is InChI=1S/C12H14ClNO6S/c13-11-2-1-9(5-10(11)12(16)17)21(18,19)14-3-4-20-7-8(14)6-15/h1-2,5,8,15H,3-4,6-7H2,(H,16,17). The first-order valence-electron chi connectivity index (χ1n) is 6.11. The van der Waals surface area contributed by atoms with Gasteiger partial charge in [-0.1, -0.05) is 11.6 Å². The van der Waals surface area contributed by atoms with Crippen LogP contribution < -0.4 is 0 Å². The molecule has 1 aliphatic rings. The number of aromatic carboxylic acids is 1. The van der Waals surface area contributed by atoms with Gasteiger partial charge in [0.15, 0.2) is 0 Å². The number of hydrogen-bond donors (Lipinski definition) is 2. The molecule has 1 unspecified atom stereocenters. The molecule has 0 aliphatic carbocycles. The second-order valence-electron chi connectivity index (χ2n) is 4.47. The quantitative estimate of drug-likeness (QED) is 0.826. The van der Waals surface area contributed by atoms with Gasteiger partial charge in [0, 0.05) is 6.54 Å². The lowest BCUT2D eigenvalue weighted by Gasteiger charge is -2.33. The molecular weight excluding hydrogens is 322 g/mol. The van der Waals surface area contributed by atoms with Crippen LogP contribution in [0.15, 0.2) is 23.1 Å². The number of halogens is 1. The van der Waals surface area contributed by atoms with Crippen LogP contribution in [0.4, 0.5) is 0 Å². The molecule has 1 aromatic carbocycles. The van der Waals surface area contributed by atoms with E-state index in [1.54, 1.807) is 0 Å². The molecule has 2 N–H and O–H groups in total. The molecule has 0 amide bonds. The number of carbonyl (C=O) groups is 1. The Bertz CT molecular complexity index is 647. The molecule has 1 aromatic rings. The van der Waals surface area contributed by atoms with Crippen LogP contribution in [-0.2, 0) is 14.8 Å². The third-order valence-electron chi connectivity index (χ3n) is 3.16. The number of nitrogens with zero attached hydrogens (tertiary/aromatic N) is 1. The van der Waals surface area contributed by atoms with Crippen molar-refractivity contribution in [3.63, 3.8) is 0 Å². The maximum absolute atomic E-state index is 12.6. The smallest absolute Gasteiger partial charge is 0.337 e. The lowest BCUT2D eigenvalue weighted by molar-refractivity contribution is 0.0109. The summed E-state index contributed by atoms with van der Waals surface area (Å²) < 4.78 is 31.4. The Labute approximate surface area is 126 Å². The molecule has 9 heteroatoms. The third kappa shape index (κ3) is 3.19. The van der Waals surface area contributed by atoms with Gasteiger partial charge in [0.25, 0.3) is 0 Å². The molecule has 1 fully saturated rings. The van der Waals surface area contributed by atoms with Crippen LogP contribution in [0.25, 0.3) is 0 Å². The second-order valence-corrected chi connectivity index (χ2v) is 6.77. The molecule has 2 rings (SSSR count). The van der Waals surface area contributed by atoms with Gasteiger partial charge in [0.05, 0.1) is 41.3 Å². The van der Waals surface area contributed by atoms with Crippen LogP contribution >= 0.6 is 11.6 Å². The van der Waals surface area contributed by atoms with Crippen molar-refractivity contribution in [3.8, 4) is 0 Å². The van der Waals surface area contributed by atoms with Crippen molar-refractivity contribution in [3.05, 3.63) is 28.8 Å². The maximum Gasteiger partial charge on any atom is 0.337 e. The van der Waals surface area contributed by atoms with E-state index in [0.717, 1.165) is 10.4 Å². The zero-order valence-corrected chi connectivity index (χ0v) is 12.5. The molecule has 1 heterocycles. The molecule has 0 bridgehead atoms. The van der Waals surface area contributed by atoms with E-state index in [4.69, 9.17) is 21.4 Å². The zero-order valence-electron chi connectivity index (χ0n) is 10.9. The largest absolute Gasteiger partial charge is 0.478 e. The van der Waals surface area contributed by atoms with E-state index < -0.39 is 22.0 Å². The summed E-state index contributed by atoms with van der Waals surface area (Å²) in [5.74, 6) is -1.31. The normalized spacial score (nSPS) is 20.4. The average Bonchev–Trinajstić information content (AvgIpc) is 2.47. The minimum Gasteiger partial charge on any atom is -0.478 e. The maximum atomic E-state index is 12.6. The molecule has 21 heavy (non-hydrogen) atoms. The van der Waals surface area contributed by atoms with Crippen molar-refractivity contribution < 1.29 is 28.2 Å². The highest BCUT2D eigenvalue weighted by Gasteiger charge is 2.34. The van der Waals surface area contributed by atoms with Gasteiger partial charge in [0.1, 0.15) is 0 Å². The molecule has 1 aliphatic heterocycles. The summed E-state index contributed by atoms with van der Waals surface area (Å²) in [5, 5.41) is 18.2. The minimum absolute atomic E-state index is 0.0397. The fourth-order valence-corrected chi connectivity index (χ4v) is 3.87. The number of carboxylic acids is 1. The Balaban J connectivity index is 2.43. The summed E-state index contributed by atoms with van der Waals surface area (Å²) in [5.41, 5.74) is -0.286. The molecular formula is C12H14ClNO6S. The van der Waals surface area contributed by atoms with Crippen molar-refractivity contribution in [2.24, 2.45) is 0 Å². The highest BCUT2D eigenvalue weighted by atomic mass is 35.5. The Morgan fingerprint density at radius 1 is 1.48 bits per heavy atom. The highest BCUT2D eigenvalue weighted by Crippen LogP contribution is 2.25. The summed E-state index contributed by atoms with van der Waals surface area (Å²) in [7, 11) is -3.92. The van der Waals surface area contributed by atoms with E-state index >= 15 is 0 Å². The molecule has 0 saturated carbocycles. The van der Waals surface area contributed by atoms with Crippen LogP contribution in [0.2, 0.25) is 5.02 Å². The predicted molar refractivity (Wildman–Crippen MR) is 74.0 cm³/mol. The Morgan fingerprint density at radius 3 is 2.81 bits per heavy atom. The Kier molecular flexibility index (Phi) is 4.84. The van der Waals surface area contributed by atoms with Gasteiger partial charge in [-0.15, -0.1) is 0 Å². The topological polar surface area (TPSA) is 104 Å². The molecule has 0 aromatic heterocycles. The first kappa shape index (κ1) is 16.2. The van der Waals surface area contributed by atoms with E-state index in [0.29, 0.717) is 0 Å². The van der Waals surface area contributed by atoms with Crippen molar-refractivity contribution in [1.82, 2.24) is 4.31 Å². The van der Waals surface area contributed by atoms with Gasteiger partial charge in [0.2, 0.25) is 10.0 Å². The number of rotatable bonds is 4. The highest BCUT2D eigenvalue weighted by molar-refractivity contribution is 7.89. The lowest BCUT2D eigenvalue weighted by atomic mass is 10.2. The van der Waals surface area contributed by atoms with E-state index in [2.05, 4.69) is 0 Å². The fourth-order valence-electron chi connectivity index (χ4n) is 2.06. The number of aliphatic hydroxyl groups excluding tert-OH is 1. The van der Waals surface area contributed by atoms with Crippen LogP contribution in [0.5, 0.6) is 0 Å². The first-order valence-corrected chi connectivity index (χ1v) is 7.93. The zero-order chi connectivity index (χ0) is 15.6. The lowest BCUT2D eigenvalue weighted by Crippen LogP contribution is -2.50. The molecule has 1 saturated heterocycles. The summed E-state index contributed by atoms with van der Waals surface area (Å²) in [6.45, 7) is 0.0292. The van der Waals surface area contributed by atoms with Gasteiger partial charge in [-0.25, -0.2) is 13.2 Å². The summed E-state index contributed by atoms with van der Waals surface area (Å²) in [6.07, 6.45) is 0. The van der Waals surface area contributed by atoms with Gasteiger partial charge >= 0.3 is 5.97 Å². The Morgan fingerprint density at radius 2 is 2.19 bits per heavy atom. The van der Waals surface area contributed by atoms with Gasteiger partial charge < -0.3 is 14.9 Å². The minimum atomic E-state index is -3.92.